The zero-order valence-corrected chi connectivity index (χ0v) is 18.1. The van der Waals surface area contributed by atoms with Gasteiger partial charge in [-0.15, -0.1) is 11.3 Å². The zero-order valence-electron chi connectivity index (χ0n) is 17.3. The first kappa shape index (κ1) is 21.6. The second-order valence-electron chi connectivity index (χ2n) is 7.24. The summed E-state index contributed by atoms with van der Waals surface area (Å²) in [5.74, 6) is 1.69. The van der Waals surface area contributed by atoms with E-state index in [-0.39, 0.29) is 11.3 Å². The summed E-state index contributed by atoms with van der Waals surface area (Å²) < 4.78 is 12.0. The highest BCUT2D eigenvalue weighted by Gasteiger charge is 2.09. The van der Waals surface area contributed by atoms with Crippen molar-refractivity contribution in [3.63, 3.8) is 0 Å². The summed E-state index contributed by atoms with van der Waals surface area (Å²) in [5.41, 5.74) is 1.12. The number of rotatable bonds is 8. The Bertz CT molecular complexity index is 1170. The van der Waals surface area contributed by atoms with Crippen LogP contribution in [0, 0.1) is 5.92 Å². The van der Waals surface area contributed by atoms with Crippen molar-refractivity contribution in [1.82, 2.24) is 4.98 Å². The summed E-state index contributed by atoms with van der Waals surface area (Å²) >= 11 is 1.24. The van der Waals surface area contributed by atoms with Gasteiger partial charge in [0.2, 0.25) is 0 Å². The number of thiazole rings is 1. The van der Waals surface area contributed by atoms with Crippen LogP contribution in [-0.4, -0.2) is 24.5 Å². The highest BCUT2D eigenvalue weighted by atomic mass is 32.1. The molecule has 156 valence electrons. The lowest BCUT2D eigenvalue weighted by atomic mass is 10.1. The second kappa shape index (κ2) is 10.1. The van der Waals surface area contributed by atoms with E-state index in [0.29, 0.717) is 33.0 Å². The van der Waals surface area contributed by atoms with Crippen molar-refractivity contribution in [3.05, 3.63) is 79.2 Å². The molecule has 30 heavy (non-hydrogen) atoms. The van der Waals surface area contributed by atoms with Gasteiger partial charge < -0.3 is 14.5 Å². The molecule has 0 atom stereocenters. The van der Waals surface area contributed by atoms with Gasteiger partial charge in [0.1, 0.15) is 11.5 Å². The summed E-state index contributed by atoms with van der Waals surface area (Å²) in [6.07, 6.45) is 4.23. The van der Waals surface area contributed by atoms with Gasteiger partial charge in [-0.2, -0.15) is 0 Å². The standard InChI is InChI=1S/C24H25NO4S/c1-16(2)12-13-29-18-10-8-17(9-11-18)14-22-24(27)25-23(30-22)15-20(26)19-6-4-5-7-21(19)28-3/h4-11,14-16H,12-13H2,1-3H3,(H,25,27)/b22-14+,23-15+. The minimum absolute atomic E-state index is 0.223. The quantitative estimate of drug-likeness (QED) is 0.564. The van der Waals surface area contributed by atoms with Crippen molar-refractivity contribution < 1.29 is 14.3 Å². The van der Waals surface area contributed by atoms with Crippen molar-refractivity contribution in [2.45, 2.75) is 20.3 Å². The average molecular weight is 424 g/mol. The molecule has 0 saturated heterocycles. The molecular weight excluding hydrogens is 398 g/mol. The van der Waals surface area contributed by atoms with Gasteiger partial charge in [0.05, 0.1) is 28.5 Å². The van der Waals surface area contributed by atoms with E-state index in [1.54, 1.807) is 30.3 Å². The van der Waals surface area contributed by atoms with Crippen LogP contribution in [0.25, 0.3) is 12.2 Å². The van der Waals surface area contributed by atoms with Crippen LogP contribution in [0.15, 0.2) is 53.3 Å². The number of hydrogen-bond acceptors (Lipinski definition) is 5. The van der Waals surface area contributed by atoms with E-state index in [2.05, 4.69) is 18.8 Å². The number of ketones is 1. The largest absolute Gasteiger partial charge is 0.496 e. The summed E-state index contributed by atoms with van der Waals surface area (Å²) in [6.45, 7) is 5.01. The van der Waals surface area contributed by atoms with Crippen LogP contribution in [0.1, 0.15) is 36.2 Å². The molecule has 0 aliphatic heterocycles. The summed E-state index contributed by atoms with van der Waals surface area (Å²) in [4.78, 5) is 27.6. The molecule has 1 aromatic heterocycles. The molecule has 0 amide bonds. The number of hydrogen-bond donors (Lipinski definition) is 1. The van der Waals surface area contributed by atoms with Gasteiger partial charge in [-0.3, -0.25) is 9.59 Å². The lowest BCUT2D eigenvalue weighted by Gasteiger charge is -2.07. The number of aromatic amines is 1. The summed E-state index contributed by atoms with van der Waals surface area (Å²) in [7, 11) is 1.52. The number of Topliss-reactive ketones (excluding diaryl/α,β-unsaturated/α-hetero) is 1. The molecule has 0 fully saturated rings. The van der Waals surface area contributed by atoms with Crippen molar-refractivity contribution in [3.8, 4) is 11.5 Å². The molecule has 0 aliphatic carbocycles. The third-order valence-corrected chi connectivity index (χ3v) is 5.42. The molecule has 1 heterocycles. The third kappa shape index (κ3) is 5.70. The summed E-state index contributed by atoms with van der Waals surface area (Å²) in [6, 6.07) is 14.6. The highest BCUT2D eigenvalue weighted by molar-refractivity contribution is 7.07. The lowest BCUT2D eigenvalue weighted by molar-refractivity contribution is 0.105. The van der Waals surface area contributed by atoms with Gasteiger partial charge in [0.25, 0.3) is 5.56 Å². The predicted molar refractivity (Wildman–Crippen MR) is 121 cm³/mol. The Labute approximate surface area is 179 Å². The monoisotopic (exact) mass is 423 g/mol. The van der Waals surface area contributed by atoms with Crippen LogP contribution >= 0.6 is 11.3 Å². The van der Waals surface area contributed by atoms with Gasteiger partial charge in [0.15, 0.2) is 5.78 Å². The van der Waals surface area contributed by atoms with Gasteiger partial charge in [-0.05, 0) is 48.2 Å². The van der Waals surface area contributed by atoms with E-state index in [4.69, 9.17) is 9.47 Å². The number of methoxy groups -OCH3 is 1. The van der Waals surface area contributed by atoms with E-state index >= 15 is 0 Å². The third-order valence-electron chi connectivity index (χ3n) is 4.46. The van der Waals surface area contributed by atoms with E-state index in [0.717, 1.165) is 17.7 Å². The number of benzene rings is 2. The average Bonchev–Trinajstić information content (AvgIpc) is 3.07. The molecule has 1 N–H and O–H groups in total. The van der Waals surface area contributed by atoms with Crippen LogP contribution in [0.4, 0.5) is 0 Å². The Morgan fingerprint density at radius 2 is 1.87 bits per heavy atom. The fraction of sp³-hybridized carbons (Fsp3) is 0.250. The number of nitrogens with one attached hydrogen (secondary N) is 1. The Kier molecular flexibility index (Phi) is 7.25. The summed E-state index contributed by atoms with van der Waals surface area (Å²) in [5, 5.41) is 0. The predicted octanol–water partition coefficient (Wildman–Crippen LogP) is 3.36. The molecule has 3 rings (SSSR count). The molecule has 0 unspecified atom stereocenters. The molecule has 0 saturated carbocycles. The topological polar surface area (TPSA) is 68.4 Å². The van der Waals surface area contributed by atoms with Crippen LogP contribution < -0.4 is 24.2 Å². The first-order valence-electron chi connectivity index (χ1n) is 9.79. The molecular formula is C24H25NO4S. The smallest absolute Gasteiger partial charge is 0.266 e. The first-order chi connectivity index (χ1) is 14.5. The fourth-order valence-electron chi connectivity index (χ4n) is 2.79. The van der Waals surface area contributed by atoms with Crippen molar-refractivity contribution >= 4 is 29.3 Å². The van der Waals surface area contributed by atoms with Crippen molar-refractivity contribution in [2.24, 2.45) is 5.92 Å². The lowest BCUT2D eigenvalue weighted by Crippen LogP contribution is -2.20. The maximum atomic E-state index is 12.6. The van der Waals surface area contributed by atoms with Crippen LogP contribution in [-0.2, 0) is 0 Å². The second-order valence-corrected chi connectivity index (χ2v) is 8.32. The number of para-hydroxylation sites is 1. The molecule has 0 spiro atoms. The minimum atomic E-state index is -0.226. The van der Waals surface area contributed by atoms with E-state index in [1.165, 1.54) is 24.5 Å². The van der Waals surface area contributed by atoms with Crippen LogP contribution in [0.5, 0.6) is 11.5 Å². The molecule has 2 aromatic carbocycles. The Morgan fingerprint density at radius 3 is 2.57 bits per heavy atom. The van der Waals surface area contributed by atoms with E-state index in [1.807, 2.05) is 24.3 Å². The molecule has 6 heteroatoms. The Balaban J connectivity index is 1.80. The van der Waals surface area contributed by atoms with Gasteiger partial charge in [0, 0.05) is 6.08 Å². The number of carbonyl (C=O) groups excluding carboxylic acids is 1. The van der Waals surface area contributed by atoms with E-state index < -0.39 is 0 Å². The van der Waals surface area contributed by atoms with Gasteiger partial charge in [-0.1, -0.05) is 38.1 Å². The number of aromatic nitrogens is 1. The van der Waals surface area contributed by atoms with Crippen LogP contribution in [0.3, 0.4) is 0 Å². The van der Waals surface area contributed by atoms with Gasteiger partial charge in [-0.25, -0.2) is 0 Å². The Morgan fingerprint density at radius 1 is 1.13 bits per heavy atom. The minimum Gasteiger partial charge on any atom is -0.496 e. The number of carbonyl (C=O) groups is 1. The first-order valence-corrected chi connectivity index (χ1v) is 10.6. The molecule has 0 bridgehead atoms. The number of ether oxygens (including phenoxy) is 2. The Hall–Kier alpha value is -3.12. The normalized spacial score (nSPS) is 12.4. The number of H-pyrrole nitrogens is 1. The SMILES string of the molecule is COc1ccccc1C(=O)/C=c1\[nH]c(=O)/c(=C\c2ccc(OCCC(C)C)cc2)s1. The highest BCUT2D eigenvalue weighted by Crippen LogP contribution is 2.18. The fourth-order valence-corrected chi connectivity index (χ4v) is 3.68. The van der Waals surface area contributed by atoms with Crippen molar-refractivity contribution in [2.75, 3.05) is 13.7 Å². The van der Waals surface area contributed by atoms with Crippen LogP contribution in [0.2, 0.25) is 0 Å². The maximum Gasteiger partial charge on any atom is 0.266 e. The van der Waals surface area contributed by atoms with Crippen molar-refractivity contribution in [1.29, 1.82) is 0 Å². The molecule has 5 nitrogen and oxygen atoms in total. The molecule has 0 aliphatic rings. The zero-order chi connectivity index (χ0) is 21.5. The molecule has 3 aromatic rings. The van der Waals surface area contributed by atoms with E-state index in [9.17, 15) is 9.59 Å². The maximum absolute atomic E-state index is 12.6. The van der Waals surface area contributed by atoms with Gasteiger partial charge >= 0.3 is 0 Å². The molecule has 0 radical (unpaired) electrons.